The lowest BCUT2D eigenvalue weighted by Crippen LogP contribution is -2.47. The molecular weight excluding hydrogens is 957 g/mol. The molecule has 73 heavy (non-hydrogen) atoms. The third-order valence-electron chi connectivity index (χ3n) is 12.9. The first-order valence-electron chi connectivity index (χ1n) is 24.1. The van der Waals surface area contributed by atoms with Crippen LogP contribution in [0.3, 0.4) is 0 Å². The molecule has 0 spiro atoms. The molecule has 20 heteroatoms. The Kier molecular flexibility index (Phi) is 17.2. The van der Waals surface area contributed by atoms with Crippen molar-refractivity contribution in [3.05, 3.63) is 105 Å². The number of unbranched alkanes of at least 4 members (excludes halogenated alkanes) is 1. The standard InChI is InChI=1S/C53H58N8O11S/c1-6-36-37-23-35(62)19-20-41(37)59-46-38(36)27-61-42(46)24-40-39(48(61)66)29-70-49(67)53(40,7-2)72-52(69)71-28-31-15-17-34(18-16-31)58-47(65)33(13-11-21-55-50(54)68)22-43(63)45(30(3)4)60-44(64)14-10-8-9-12-32-25-56-51(73-5)57-26-32/h15-20,23-26,30,33,45,62H,6-8,10-11,13-14,21-22,27-29H2,1-5H3,(H,58,65)(H,60,64)(H3,54,55,68)/t33-,45+,53+/m1/s1. The number of hydrogen-bond donors (Lipinski definition) is 5. The largest absolute Gasteiger partial charge is 0.510 e. The highest BCUT2D eigenvalue weighted by molar-refractivity contribution is 7.98. The number of cyclic esters (lactones) is 1. The number of ketones is 1. The Morgan fingerprint density at radius 2 is 1.77 bits per heavy atom. The Hall–Kier alpha value is -7.79. The number of aryl methyl sites for hydroxylation is 1. The number of primary amides is 1. The molecule has 3 aromatic heterocycles. The fourth-order valence-electron chi connectivity index (χ4n) is 9.06. The van der Waals surface area contributed by atoms with E-state index in [1.165, 1.54) is 11.8 Å². The highest BCUT2D eigenvalue weighted by atomic mass is 32.2. The second-order valence-corrected chi connectivity index (χ2v) is 18.8. The van der Waals surface area contributed by atoms with Crippen LogP contribution in [0.2, 0.25) is 0 Å². The van der Waals surface area contributed by atoms with E-state index in [4.69, 9.17) is 24.9 Å². The van der Waals surface area contributed by atoms with Gasteiger partial charge in [0.2, 0.25) is 17.4 Å². The summed E-state index contributed by atoms with van der Waals surface area (Å²) in [6.45, 7) is 7.02. The number of nitrogens with zero attached hydrogens (tertiary/aromatic N) is 4. The number of hydrogen-bond acceptors (Lipinski definition) is 15. The van der Waals surface area contributed by atoms with Gasteiger partial charge in [0.1, 0.15) is 19.0 Å². The molecular formula is C53H58N8O11S. The molecule has 0 unspecified atom stereocenters. The minimum Gasteiger partial charge on any atom is -0.508 e. The van der Waals surface area contributed by atoms with Gasteiger partial charge in [0.25, 0.3) is 5.56 Å². The van der Waals surface area contributed by atoms with Crippen molar-refractivity contribution in [1.82, 2.24) is 30.2 Å². The second-order valence-electron chi connectivity index (χ2n) is 18.1. The minimum atomic E-state index is -2.00. The van der Waals surface area contributed by atoms with E-state index in [9.17, 15) is 38.7 Å². The normalized spacial score (nSPS) is 15.1. The Balaban J connectivity index is 0.974. The molecule has 5 heterocycles. The number of pyridine rings is 2. The molecule has 0 saturated heterocycles. The number of aromatic hydroxyl groups is 1. The Morgan fingerprint density at radius 3 is 2.45 bits per heavy atom. The van der Waals surface area contributed by atoms with Crippen LogP contribution < -0.4 is 27.2 Å². The van der Waals surface area contributed by atoms with Gasteiger partial charge in [0, 0.05) is 66.3 Å². The van der Waals surface area contributed by atoms with E-state index >= 15 is 0 Å². The monoisotopic (exact) mass is 1010 g/mol. The van der Waals surface area contributed by atoms with Crippen LogP contribution >= 0.6 is 11.8 Å². The zero-order chi connectivity index (χ0) is 52.4. The van der Waals surface area contributed by atoms with Crippen molar-refractivity contribution in [3.63, 3.8) is 0 Å². The highest BCUT2D eigenvalue weighted by Crippen LogP contribution is 2.42. The van der Waals surface area contributed by atoms with Crippen LogP contribution in [0, 0.1) is 23.7 Å². The lowest BCUT2D eigenvalue weighted by Gasteiger charge is -2.35. The number of ether oxygens (including phenoxy) is 3. The van der Waals surface area contributed by atoms with Crippen molar-refractivity contribution in [2.45, 2.75) is 116 Å². The number of phenolic OH excluding ortho intramolecular Hbond substituents is 1. The number of phenols is 1. The molecule has 2 aromatic carbocycles. The number of nitrogens with two attached hydrogens (primary N) is 1. The van der Waals surface area contributed by atoms with Crippen LogP contribution in [0.5, 0.6) is 5.75 Å². The molecule has 2 aliphatic heterocycles. The number of amides is 4. The molecule has 3 atom stereocenters. The maximum Gasteiger partial charge on any atom is 0.510 e. The number of rotatable bonds is 20. The highest BCUT2D eigenvalue weighted by Gasteiger charge is 2.51. The van der Waals surface area contributed by atoms with Gasteiger partial charge in [-0.05, 0) is 91.8 Å². The topological polar surface area (TPSA) is 273 Å². The fourth-order valence-corrected chi connectivity index (χ4v) is 9.38. The van der Waals surface area contributed by atoms with Crippen molar-refractivity contribution >= 4 is 64.1 Å². The molecule has 2 aliphatic rings. The molecule has 0 fully saturated rings. The lowest BCUT2D eigenvalue weighted by atomic mass is 9.85. The fraction of sp³-hybridized carbons (Fsp3) is 0.396. The van der Waals surface area contributed by atoms with E-state index in [1.54, 1.807) is 72.4 Å². The summed E-state index contributed by atoms with van der Waals surface area (Å²) < 4.78 is 18.4. The molecule has 5 aromatic rings. The van der Waals surface area contributed by atoms with Crippen molar-refractivity contribution in [2.24, 2.45) is 17.6 Å². The van der Waals surface area contributed by atoms with E-state index in [-0.39, 0.29) is 86.5 Å². The van der Waals surface area contributed by atoms with Gasteiger partial charge in [-0.25, -0.2) is 29.3 Å². The molecule has 0 aliphatic carbocycles. The van der Waals surface area contributed by atoms with Crippen LogP contribution in [0.15, 0.2) is 70.9 Å². The SMILES string of the molecule is CCc1c2c(nc3ccc(O)cc13)-c1cc3c(c(=O)n1C2)COC(=O)[C@@]3(CC)OC(=O)OCc1ccc(NC(=O)[C@H](CCCNC(N)=O)CC(=O)[C@@H](NC(=O)CCCC#Cc2cnc(SC)nc2)C(C)C)cc1. The lowest BCUT2D eigenvalue weighted by molar-refractivity contribution is -0.175. The minimum absolute atomic E-state index is 0.0773. The average molecular weight is 1020 g/mol. The zero-order valence-corrected chi connectivity index (χ0v) is 42.1. The number of Topliss-reactive ketones (excluding diaryl/α,β-unsaturated/α-hetero) is 1. The Labute approximate surface area is 425 Å². The maximum absolute atomic E-state index is 14.1. The molecule has 0 saturated carbocycles. The molecule has 0 radical (unpaired) electrons. The molecule has 6 N–H and O–H groups in total. The smallest absolute Gasteiger partial charge is 0.508 e. The van der Waals surface area contributed by atoms with Gasteiger partial charge in [-0.1, -0.05) is 63.4 Å². The van der Waals surface area contributed by atoms with Crippen molar-refractivity contribution in [3.8, 4) is 29.0 Å². The third-order valence-corrected chi connectivity index (χ3v) is 13.4. The summed E-state index contributed by atoms with van der Waals surface area (Å²) in [5.41, 5.74) is 8.10. The summed E-state index contributed by atoms with van der Waals surface area (Å²) in [5.74, 6) is 3.03. The quantitative estimate of drug-likeness (QED) is 0.0178. The predicted octanol–water partition coefficient (Wildman–Crippen LogP) is 6.55. The molecule has 382 valence electrons. The van der Waals surface area contributed by atoms with E-state index in [2.05, 4.69) is 37.8 Å². The number of carbonyl (C=O) groups excluding carboxylic acids is 6. The first-order chi connectivity index (χ1) is 35.0. The maximum atomic E-state index is 14.1. The number of fused-ring (bicyclic) bond motifs is 5. The number of nitrogens with one attached hydrogen (secondary N) is 3. The molecule has 4 amide bonds. The Morgan fingerprint density at radius 1 is 1.01 bits per heavy atom. The predicted molar refractivity (Wildman–Crippen MR) is 271 cm³/mol. The van der Waals surface area contributed by atoms with Crippen LogP contribution in [0.4, 0.5) is 15.3 Å². The van der Waals surface area contributed by atoms with E-state index in [1.807, 2.05) is 27.0 Å². The summed E-state index contributed by atoms with van der Waals surface area (Å²) in [6, 6.07) is 11.4. The van der Waals surface area contributed by atoms with Gasteiger partial charge in [0.15, 0.2) is 10.9 Å². The van der Waals surface area contributed by atoms with Crippen LogP contribution in [0.1, 0.15) is 106 Å². The summed E-state index contributed by atoms with van der Waals surface area (Å²) in [5, 5.41) is 19.8. The van der Waals surface area contributed by atoms with Crippen molar-refractivity contribution in [1.29, 1.82) is 0 Å². The van der Waals surface area contributed by atoms with Crippen molar-refractivity contribution < 1.29 is 48.1 Å². The summed E-state index contributed by atoms with van der Waals surface area (Å²) in [7, 11) is 0. The third kappa shape index (κ3) is 12.3. The van der Waals surface area contributed by atoms with Crippen LogP contribution in [0.25, 0.3) is 22.3 Å². The van der Waals surface area contributed by atoms with Crippen molar-refractivity contribution in [2.75, 3.05) is 18.1 Å². The zero-order valence-electron chi connectivity index (χ0n) is 41.3. The van der Waals surface area contributed by atoms with Gasteiger partial charge >= 0.3 is 18.2 Å². The van der Waals surface area contributed by atoms with E-state index in [0.717, 1.165) is 16.5 Å². The van der Waals surface area contributed by atoms with Gasteiger partial charge in [0.05, 0.1) is 40.6 Å². The molecule has 0 bridgehead atoms. The summed E-state index contributed by atoms with van der Waals surface area (Å²) in [6.07, 6.45) is 5.92. The number of benzene rings is 2. The number of anilines is 1. The van der Waals surface area contributed by atoms with Gasteiger partial charge in [-0.3, -0.25) is 19.2 Å². The van der Waals surface area contributed by atoms with Crippen LogP contribution in [-0.2, 0) is 65.2 Å². The van der Waals surface area contributed by atoms with Gasteiger partial charge in [-0.2, -0.15) is 0 Å². The van der Waals surface area contributed by atoms with E-state index in [0.29, 0.717) is 64.6 Å². The Bertz CT molecular complexity index is 3060. The number of urea groups is 1. The number of aromatic nitrogens is 4. The van der Waals surface area contributed by atoms with Crippen LogP contribution in [-0.4, -0.2) is 79.2 Å². The number of esters is 1. The summed E-state index contributed by atoms with van der Waals surface area (Å²) >= 11 is 1.43. The summed E-state index contributed by atoms with van der Waals surface area (Å²) in [4.78, 5) is 106. The van der Waals surface area contributed by atoms with Gasteiger partial charge < -0.3 is 45.6 Å². The first kappa shape index (κ1) is 53.0. The molecule has 7 rings (SSSR count). The average Bonchev–Trinajstić information content (AvgIpc) is 3.74. The molecule has 19 nitrogen and oxygen atoms in total. The number of carbonyl (C=O) groups is 6. The number of thioether (sulfide) groups is 1. The first-order valence-corrected chi connectivity index (χ1v) is 25.3. The van der Waals surface area contributed by atoms with Gasteiger partial charge in [-0.15, -0.1) is 0 Å². The second kappa shape index (κ2) is 23.6. The van der Waals surface area contributed by atoms with E-state index < -0.39 is 47.2 Å².